The van der Waals surface area contributed by atoms with E-state index in [2.05, 4.69) is 31.4 Å². The van der Waals surface area contributed by atoms with Crippen LogP contribution in [0.2, 0.25) is 18.1 Å². The Hall–Kier alpha value is -0.593. The lowest BCUT2D eigenvalue weighted by atomic mass is 10.1. The smallest absolute Gasteiger partial charge is 0.407 e. The summed E-state index contributed by atoms with van der Waals surface area (Å²) in [6, 6.07) is 3.54. The second-order valence-corrected chi connectivity index (χ2v) is 11.9. The van der Waals surface area contributed by atoms with E-state index < -0.39 is 13.9 Å². The first-order valence-corrected chi connectivity index (χ1v) is 11.1. The van der Waals surface area contributed by atoms with Crippen LogP contribution in [0.5, 0.6) is 0 Å². The van der Waals surface area contributed by atoms with Crippen molar-refractivity contribution >= 4 is 14.4 Å². The van der Waals surface area contributed by atoms with Crippen molar-refractivity contribution in [3.8, 4) is 0 Å². The number of hydrogen-bond acceptors (Lipinski definition) is 4. The van der Waals surface area contributed by atoms with E-state index in [0.717, 1.165) is 37.6 Å². The number of piperidine rings is 1. The van der Waals surface area contributed by atoms with Crippen LogP contribution in [0.25, 0.3) is 0 Å². The van der Waals surface area contributed by atoms with E-state index in [1.165, 1.54) is 0 Å². The zero-order valence-corrected chi connectivity index (χ0v) is 16.1. The zero-order valence-electron chi connectivity index (χ0n) is 15.1. The first kappa shape index (κ1) is 19.5. The van der Waals surface area contributed by atoms with E-state index in [-0.39, 0.29) is 18.2 Å². The molecule has 0 spiro atoms. The summed E-state index contributed by atoms with van der Waals surface area (Å²) in [7, 11) is -1.60. The number of ether oxygens (including phenoxy) is 1. The van der Waals surface area contributed by atoms with E-state index >= 15 is 0 Å². The molecule has 130 valence electrons. The third-order valence-corrected chi connectivity index (χ3v) is 9.08. The molecule has 0 aromatic carbocycles. The van der Waals surface area contributed by atoms with Gasteiger partial charge in [0.2, 0.25) is 0 Å². The highest BCUT2D eigenvalue weighted by atomic mass is 28.4. The van der Waals surface area contributed by atoms with Gasteiger partial charge in [-0.3, -0.25) is 0 Å². The molecule has 2 N–H and O–H groups in total. The minimum Gasteiger partial charge on any atom is -0.444 e. The molecule has 0 saturated carbocycles. The Kier molecular flexibility index (Phi) is 7.35. The van der Waals surface area contributed by atoms with Crippen LogP contribution in [-0.4, -0.2) is 45.2 Å². The Balaban J connectivity index is 2.52. The Morgan fingerprint density at radius 1 is 1.18 bits per heavy atom. The van der Waals surface area contributed by atoms with Gasteiger partial charge in [-0.2, -0.15) is 0 Å². The van der Waals surface area contributed by atoms with Crippen molar-refractivity contribution in [3.63, 3.8) is 0 Å². The number of nitrogens with one attached hydrogen (secondary N) is 2. The number of carbonyl (C=O) groups is 1. The van der Waals surface area contributed by atoms with Gasteiger partial charge in [-0.05, 0) is 45.3 Å². The summed E-state index contributed by atoms with van der Waals surface area (Å²) in [6.45, 7) is 14.0. The Labute approximate surface area is 136 Å². The Morgan fingerprint density at radius 2 is 1.77 bits per heavy atom. The van der Waals surface area contributed by atoms with Crippen LogP contribution in [0.1, 0.15) is 48.0 Å². The average molecular weight is 331 g/mol. The summed E-state index contributed by atoms with van der Waals surface area (Å²) >= 11 is 0. The van der Waals surface area contributed by atoms with Gasteiger partial charge < -0.3 is 19.8 Å². The summed E-state index contributed by atoms with van der Waals surface area (Å²) in [5.41, 5.74) is -0.462. The molecular formula is C16H34N2O3Si. The topological polar surface area (TPSA) is 59.6 Å². The molecule has 1 amide bonds. The number of alkyl carbamates (subject to hydrolysis) is 1. The van der Waals surface area contributed by atoms with E-state index in [1.807, 2.05) is 20.8 Å². The van der Waals surface area contributed by atoms with Crippen LogP contribution < -0.4 is 10.6 Å². The Bertz CT molecular complexity index is 346. The molecule has 1 aliphatic heterocycles. The molecule has 6 heteroatoms. The van der Waals surface area contributed by atoms with Gasteiger partial charge in [-0.25, -0.2) is 4.79 Å². The molecule has 1 saturated heterocycles. The fourth-order valence-corrected chi connectivity index (χ4v) is 5.82. The molecule has 0 aromatic heterocycles. The van der Waals surface area contributed by atoms with Gasteiger partial charge in [0.15, 0.2) is 8.32 Å². The van der Waals surface area contributed by atoms with Gasteiger partial charge in [0.25, 0.3) is 0 Å². The van der Waals surface area contributed by atoms with Crippen molar-refractivity contribution < 1.29 is 14.0 Å². The molecule has 0 aliphatic carbocycles. The predicted octanol–water partition coefficient (Wildman–Crippen LogP) is 3.26. The molecule has 1 aliphatic rings. The first-order chi connectivity index (χ1) is 10.2. The van der Waals surface area contributed by atoms with Crippen molar-refractivity contribution in [1.29, 1.82) is 0 Å². The fourth-order valence-electron chi connectivity index (χ4n) is 2.93. The number of amides is 1. The minimum absolute atomic E-state index is 0.0749. The van der Waals surface area contributed by atoms with Crippen LogP contribution >= 0.6 is 0 Å². The van der Waals surface area contributed by atoms with Gasteiger partial charge in [0, 0.05) is 19.1 Å². The van der Waals surface area contributed by atoms with E-state index in [0.29, 0.717) is 0 Å². The van der Waals surface area contributed by atoms with Gasteiger partial charge in [0.05, 0.1) is 6.10 Å². The predicted molar refractivity (Wildman–Crippen MR) is 92.7 cm³/mol. The van der Waals surface area contributed by atoms with E-state index in [9.17, 15) is 4.79 Å². The minimum atomic E-state index is -1.60. The molecule has 22 heavy (non-hydrogen) atoms. The van der Waals surface area contributed by atoms with Crippen LogP contribution in [0.15, 0.2) is 0 Å². The van der Waals surface area contributed by atoms with Gasteiger partial charge in [-0.1, -0.05) is 20.8 Å². The highest BCUT2D eigenvalue weighted by Crippen LogP contribution is 2.25. The van der Waals surface area contributed by atoms with E-state index in [1.54, 1.807) is 0 Å². The molecule has 2 atom stereocenters. The molecule has 0 bridgehead atoms. The van der Waals surface area contributed by atoms with Crippen LogP contribution in [-0.2, 0) is 9.16 Å². The summed E-state index contributed by atoms with van der Waals surface area (Å²) < 4.78 is 11.9. The second kappa shape index (κ2) is 8.31. The highest BCUT2D eigenvalue weighted by molar-refractivity contribution is 6.73. The summed E-state index contributed by atoms with van der Waals surface area (Å²) in [4.78, 5) is 11.9. The number of hydrogen-bond donors (Lipinski definition) is 2. The molecule has 1 rings (SSSR count). The Morgan fingerprint density at radius 3 is 2.27 bits per heavy atom. The molecule has 1 fully saturated rings. The molecule has 0 unspecified atom stereocenters. The van der Waals surface area contributed by atoms with Crippen LogP contribution in [0.4, 0.5) is 4.79 Å². The monoisotopic (exact) mass is 330 g/mol. The van der Waals surface area contributed by atoms with Crippen LogP contribution in [0.3, 0.4) is 0 Å². The van der Waals surface area contributed by atoms with Crippen LogP contribution in [0, 0.1) is 0 Å². The van der Waals surface area contributed by atoms with Crippen molar-refractivity contribution in [2.75, 3.05) is 13.1 Å². The van der Waals surface area contributed by atoms with Crippen molar-refractivity contribution in [2.24, 2.45) is 0 Å². The van der Waals surface area contributed by atoms with Crippen molar-refractivity contribution in [3.05, 3.63) is 0 Å². The van der Waals surface area contributed by atoms with Gasteiger partial charge in [-0.15, -0.1) is 0 Å². The fraction of sp³-hybridized carbons (Fsp3) is 0.938. The molecule has 0 aromatic rings. The lowest BCUT2D eigenvalue weighted by Crippen LogP contribution is -2.54. The SMILES string of the molecule is CC[Si](CC)(CC)O[C@@H]1CNC[C@@H](NC(=O)OC(C)(C)C)C1. The standard InChI is InChI=1S/C16H34N2O3Si/c1-7-22(8-2,9-3)21-14-10-13(11-17-12-14)18-15(19)20-16(4,5)6/h13-14,17H,7-12H2,1-6H3,(H,18,19)/t13-,14-/m0/s1. The molecule has 0 radical (unpaired) electrons. The third kappa shape index (κ3) is 6.26. The summed E-state index contributed by atoms with van der Waals surface area (Å²) in [5, 5.41) is 6.33. The third-order valence-electron chi connectivity index (χ3n) is 4.38. The second-order valence-electron chi connectivity index (χ2n) is 7.22. The number of carbonyl (C=O) groups excluding carboxylic acids is 1. The van der Waals surface area contributed by atoms with Crippen molar-refractivity contribution in [2.45, 2.75) is 83.8 Å². The average Bonchev–Trinajstić information content (AvgIpc) is 2.43. The quantitative estimate of drug-likeness (QED) is 0.734. The normalized spacial score (nSPS) is 23.2. The maximum absolute atomic E-state index is 11.9. The first-order valence-electron chi connectivity index (χ1n) is 8.61. The molecular weight excluding hydrogens is 296 g/mol. The highest BCUT2D eigenvalue weighted by Gasteiger charge is 2.34. The molecule has 5 nitrogen and oxygen atoms in total. The van der Waals surface area contributed by atoms with Gasteiger partial charge >= 0.3 is 6.09 Å². The summed E-state index contributed by atoms with van der Waals surface area (Å²) in [5.74, 6) is 0. The largest absolute Gasteiger partial charge is 0.444 e. The van der Waals surface area contributed by atoms with Crippen molar-refractivity contribution in [1.82, 2.24) is 10.6 Å². The lowest BCUT2D eigenvalue weighted by molar-refractivity contribution is 0.0469. The lowest BCUT2D eigenvalue weighted by Gasteiger charge is -2.38. The zero-order chi connectivity index (χ0) is 16.8. The maximum atomic E-state index is 11.9. The summed E-state index contributed by atoms with van der Waals surface area (Å²) in [6.07, 6.45) is 0.714. The maximum Gasteiger partial charge on any atom is 0.407 e. The number of rotatable bonds is 6. The molecule has 1 heterocycles. The van der Waals surface area contributed by atoms with E-state index in [4.69, 9.17) is 9.16 Å². The van der Waals surface area contributed by atoms with Gasteiger partial charge in [0.1, 0.15) is 5.60 Å².